The van der Waals surface area contributed by atoms with E-state index in [0.29, 0.717) is 11.5 Å². The first-order valence-electron chi connectivity index (χ1n) is 9.79. The smallest absolute Gasteiger partial charge is 0.231 e. The highest BCUT2D eigenvalue weighted by atomic mass is 16.7. The Bertz CT molecular complexity index is 850. The van der Waals surface area contributed by atoms with Crippen LogP contribution in [-0.4, -0.2) is 19.0 Å². The number of benzene rings is 2. The van der Waals surface area contributed by atoms with Crippen molar-refractivity contribution in [3.05, 3.63) is 46.5 Å². The second kappa shape index (κ2) is 6.91. The van der Waals surface area contributed by atoms with Gasteiger partial charge in [-0.2, -0.15) is 0 Å². The van der Waals surface area contributed by atoms with Gasteiger partial charge in [-0.3, -0.25) is 0 Å². The SMILES string of the molecule is COc1cc2c(cc1C(C)c1cc(C(C)(C)C)c(O)c(C(C)(C)C)c1)OCO2. The number of phenols is 1. The Kier molecular flexibility index (Phi) is 5.03. The van der Waals surface area contributed by atoms with Crippen LogP contribution in [0.1, 0.15) is 76.6 Å². The van der Waals surface area contributed by atoms with E-state index in [1.807, 2.05) is 12.1 Å². The summed E-state index contributed by atoms with van der Waals surface area (Å²) in [5.41, 5.74) is 3.77. The van der Waals surface area contributed by atoms with Gasteiger partial charge in [0.15, 0.2) is 11.5 Å². The highest BCUT2D eigenvalue weighted by Crippen LogP contribution is 2.45. The number of rotatable bonds is 3. The normalized spacial score (nSPS) is 14.9. The molecule has 0 saturated heterocycles. The van der Waals surface area contributed by atoms with Crippen LogP contribution in [0.15, 0.2) is 24.3 Å². The van der Waals surface area contributed by atoms with Crippen molar-refractivity contribution in [3.8, 4) is 23.0 Å². The molecule has 0 amide bonds. The molecule has 1 N–H and O–H groups in total. The first kappa shape index (κ1) is 20.4. The third-order valence-corrected chi connectivity index (χ3v) is 5.44. The molecular weight excluding hydrogens is 352 g/mol. The fraction of sp³-hybridized carbons (Fsp3) is 0.500. The molecule has 0 aromatic heterocycles. The van der Waals surface area contributed by atoms with Crippen LogP contribution in [0.4, 0.5) is 0 Å². The van der Waals surface area contributed by atoms with Crippen LogP contribution in [0, 0.1) is 0 Å². The highest BCUT2D eigenvalue weighted by Gasteiger charge is 2.29. The van der Waals surface area contributed by atoms with Gasteiger partial charge in [-0.25, -0.2) is 0 Å². The fourth-order valence-corrected chi connectivity index (χ4v) is 3.68. The van der Waals surface area contributed by atoms with E-state index in [0.717, 1.165) is 33.8 Å². The molecule has 0 aliphatic carbocycles. The summed E-state index contributed by atoms with van der Waals surface area (Å²) >= 11 is 0. The van der Waals surface area contributed by atoms with Gasteiger partial charge in [0, 0.05) is 17.5 Å². The summed E-state index contributed by atoms with van der Waals surface area (Å²) in [6.45, 7) is 15.2. The first-order chi connectivity index (χ1) is 12.9. The summed E-state index contributed by atoms with van der Waals surface area (Å²) in [4.78, 5) is 0. The molecule has 4 nitrogen and oxygen atoms in total. The van der Waals surface area contributed by atoms with E-state index in [-0.39, 0.29) is 23.5 Å². The van der Waals surface area contributed by atoms with Crippen molar-refractivity contribution in [2.24, 2.45) is 0 Å². The van der Waals surface area contributed by atoms with Gasteiger partial charge in [0.1, 0.15) is 11.5 Å². The lowest BCUT2D eigenvalue weighted by molar-refractivity contribution is 0.174. The van der Waals surface area contributed by atoms with Crippen LogP contribution in [0.3, 0.4) is 0 Å². The van der Waals surface area contributed by atoms with Crippen LogP contribution in [0.25, 0.3) is 0 Å². The summed E-state index contributed by atoms with van der Waals surface area (Å²) < 4.78 is 16.7. The summed E-state index contributed by atoms with van der Waals surface area (Å²) in [7, 11) is 1.67. The standard InChI is InChI=1S/C24H32O4/c1-14(16-11-20-21(28-13-27-20)12-19(16)26-8)15-9-17(23(2,3)4)22(25)18(10-15)24(5,6)7/h9-12,14,25H,13H2,1-8H3. The van der Waals surface area contributed by atoms with Crippen molar-refractivity contribution in [1.82, 2.24) is 0 Å². The number of hydrogen-bond acceptors (Lipinski definition) is 4. The Morgan fingerprint density at radius 1 is 0.893 bits per heavy atom. The third-order valence-electron chi connectivity index (χ3n) is 5.44. The summed E-state index contributed by atoms with van der Waals surface area (Å²) in [5.74, 6) is 2.69. The van der Waals surface area contributed by atoms with Gasteiger partial charge < -0.3 is 19.3 Å². The van der Waals surface area contributed by atoms with E-state index in [2.05, 4.69) is 60.6 Å². The van der Waals surface area contributed by atoms with E-state index in [1.165, 1.54) is 0 Å². The van der Waals surface area contributed by atoms with Gasteiger partial charge in [0.2, 0.25) is 6.79 Å². The molecule has 152 valence electrons. The topological polar surface area (TPSA) is 47.9 Å². The summed E-state index contributed by atoms with van der Waals surface area (Å²) in [6.07, 6.45) is 0. The number of aromatic hydroxyl groups is 1. The average molecular weight is 385 g/mol. The summed E-state index contributed by atoms with van der Waals surface area (Å²) in [6, 6.07) is 8.15. The molecule has 1 atom stereocenters. The molecule has 0 saturated carbocycles. The Balaban J connectivity index is 2.18. The Hall–Kier alpha value is -2.36. The fourth-order valence-electron chi connectivity index (χ4n) is 3.68. The number of phenolic OH excluding ortho intramolecular Hbond substituents is 1. The van der Waals surface area contributed by atoms with Crippen LogP contribution >= 0.6 is 0 Å². The molecule has 1 heterocycles. The van der Waals surface area contributed by atoms with E-state index in [1.54, 1.807) is 7.11 Å². The second-order valence-electron chi connectivity index (χ2n) is 9.63. The van der Waals surface area contributed by atoms with Gasteiger partial charge >= 0.3 is 0 Å². The average Bonchev–Trinajstić information content (AvgIpc) is 3.05. The maximum absolute atomic E-state index is 11.0. The molecule has 0 fully saturated rings. The van der Waals surface area contributed by atoms with Crippen molar-refractivity contribution >= 4 is 0 Å². The minimum absolute atomic E-state index is 0.0623. The zero-order valence-corrected chi connectivity index (χ0v) is 18.3. The highest BCUT2D eigenvalue weighted by molar-refractivity contribution is 5.57. The largest absolute Gasteiger partial charge is 0.507 e. The van der Waals surface area contributed by atoms with Crippen molar-refractivity contribution in [1.29, 1.82) is 0 Å². The molecule has 2 aromatic rings. The minimum Gasteiger partial charge on any atom is -0.507 e. The molecular formula is C24H32O4. The molecule has 1 aliphatic rings. The number of hydrogen-bond donors (Lipinski definition) is 1. The van der Waals surface area contributed by atoms with Crippen LogP contribution in [0.5, 0.6) is 23.0 Å². The molecule has 3 rings (SSSR count). The van der Waals surface area contributed by atoms with Crippen molar-refractivity contribution in [2.75, 3.05) is 13.9 Å². The van der Waals surface area contributed by atoms with E-state index in [9.17, 15) is 5.11 Å². The second-order valence-corrected chi connectivity index (χ2v) is 9.63. The van der Waals surface area contributed by atoms with Crippen molar-refractivity contribution < 1.29 is 19.3 Å². The number of methoxy groups -OCH3 is 1. The van der Waals surface area contributed by atoms with Gasteiger partial charge in [0.25, 0.3) is 0 Å². The van der Waals surface area contributed by atoms with Crippen LogP contribution < -0.4 is 14.2 Å². The van der Waals surface area contributed by atoms with Crippen LogP contribution in [0.2, 0.25) is 0 Å². The lowest BCUT2D eigenvalue weighted by Gasteiger charge is -2.29. The molecule has 28 heavy (non-hydrogen) atoms. The van der Waals surface area contributed by atoms with Crippen LogP contribution in [-0.2, 0) is 10.8 Å². The maximum atomic E-state index is 11.0. The lowest BCUT2D eigenvalue weighted by Crippen LogP contribution is -2.18. The third kappa shape index (κ3) is 3.65. The maximum Gasteiger partial charge on any atom is 0.231 e. The Morgan fingerprint density at radius 2 is 1.39 bits per heavy atom. The number of fused-ring (bicyclic) bond motifs is 1. The summed E-state index contributed by atoms with van der Waals surface area (Å²) in [5, 5.41) is 11.0. The molecule has 0 spiro atoms. The predicted molar refractivity (Wildman–Crippen MR) is 112 cm³/mol. The van der Waals surface area contributed by atoms with E-state index in [4.69, 9.17) is 14.2 Å². The minimum atomic E-state index is -0.168. The van der Waals surface area contributed by atoms with Gasteiger partial charge in [0.05, 0.1) is 7.11 Å². The van der Waals surface area contributed by atoms with Gasteiger partial charge in [-0.05, 0) is 33.6 Å². The molecule has 1 unspecified atom stereocenters. The van der Waals surface area contributed by atoms with Crippen molar-refractivity contribution in [2.45, 2.75) is 65.2 Å². The molecule has 2 aromatic carbocycles. The molecule has 4 heteroatoms. The lowest BCUT2D eigenvalue weighted by atomic mass is 9.76. The van der Waals surface area contributed by atoms with Gasteiger partial charge in [-0.1, -0.05) is 60.6 Å². The molecule has 0 radical (unpaired) electrons. The van der Waals surface area contributed by atoms with E-state index >= 15 is 0 Å². The molecule has 1 aliphatic heterocycles. The monoisotopic (exact) mass is 384 g/mol. The Labute approximate surface area is 168 Å². The van der Waals surface area contributed by atoms with Gasteiger partial charge in [-0.15, -0.1) is 0 Å². The first-order valence-corrected chi connectivity index (χ1v) is 9.79. The van der Waals surface area contributed by atoms with E-state index < -0.39 is 0 Å². The van der Waals surface area contributed by atoms with Crippen molar-refractivity contribution in [3.63, 3.8) is 0 Å². The zero-order valence-electron chi connectivity index (χ0n) is 18.3. The molecule has 0 bridgehead atoms. The quantitative estimate of drug-likeness (QED) is 0.718. The zero-order chi connectivity index (χ0) is 20.9. The Morgan fingerprint density at radius 3 is 1.86 bits per heavy atom. The number of ether oxygens (including phenoxy) is 3. The predicted octanol–water partition coefficient (Wildman–Crippen LogP) is 5.88.